The molecule has 0 radical (unpaired) electrons. The van der Waals surface area contributed by atoms with E-state index < -0.39 is 0 Å². The Bertz CT molecular complexity index is 851. The van der Waals surface area contributed by atoms with Crippen molar-refractivity contribution in [3.63, 3.8) is 0 Å². The molecular formula is C20H20N4O2. The van der Waals surface area contributed by atoms with Crippen LogP contribution in [-0.2, 0) is 6.42 Å². The van der Waals surface area contributed by atoms with Gasteiger partial charge in [0.05, 0.1) is 12.7 Å². The number of nitrogens with zero attached hydrogens (tertiary/aromatic N) is 2. The molecule has 1 amide bonds. The highest BCUT2D eigenvalue weighted by Crippen LogP contribution is 2.13. The highest BCUT2D eigenvalue weighted by atomic mass is 16.5. The van der Waals surface area contributed by atoms with Gasteiger partial charge in [-0.2, -0.15) is 0 Å². The Morgan fingerprint density at radius 2 is 1.81 bits per heavy atom. The Morgan fingerprint density at radius 1 is 1.04 bits per heavy atom. The molecule has 0 fully saturated rings. The number of nitrogens with one attached hydrogen (secondary N) is 2. The van der Waals surface area contributed by atoms with Gasteiger partial charge in [-0.1, -0.05) is 30.3 Å². The third kappa shape index (κ3) is 4.80. The SMILES string of the molecule is COc1cccc(CCNc2ncc(C(=O)Nc3ccccc3)cn2)c1. The maximum Gasteiger partial charge on any atom is 0.258 e. The van der Waals surface area contributed by atoms with E-state index in [-0.39, 0.29) is 5.91 Å². The van der Waals surface area contributed by atoms with Crippen molar-refractivity contribution in [1.82, 2.24) is 9.97 Å². The summed E-state index contributed by atoms with van der Waals surface area (Å²) in [7, 11) is 1.65. The van der Waals surface area contributed by atoms with Gasteiger partial charge in [-0.3, -0.25) is 4.79 Å². The average Bonchev–Trinajstić information content (AvgIpc) is 2.69. The van der Waals surface area contributed by atoms with E-state index >= 15 is 0 Å². The Hall–Kier alpha value is -3.41. The van der Waals surface area contributed by atoms with Crippen LogP contribution in [0.4, 0.5) is 11.6 Å². The van der Waals surface area contributed by atoms with Gasteiger partial charge in [0, 0.05) is 24.6 Å². The fraction of sp³-hybridized carbons (Fsp3) is 0.150. The molecule has 2 N–H and O–H groups in total. The number of benzene rings is 2. The Labute approximate surface area is 152 Å². The molecule has 6 heteroatoms. The number of aromatic nitrogens is 2. The van der Waals surface area contributed by atoms with Crippen LogP contribution in [-0.4, -0.2) is 29.5 Å². The first-order valence-electron chi connectivity index (χ1n) is 8.30. The van der Waals surface area contributed by atoms with Crippen LogP contribution in [0.25, 0.3) is 0 Å². The Morgan fingerprint density at radius 3 is 2.54 bits per heavy atom. The number of para-hydroxylation sites is 1. The van der Waals surface area contributed by atoms with E-state index in [1.54, 1.807) is 7.11 Å². The van der Waals surface area contributed by atoms with Crippen molar-refractivity contribution in [2.24, 2.45) is 0 Å². The van der Waals surface area contributed by atoms with Gasteiger partial charge < -0.3 is 15.4 Å². The lowest BCUT2D eigenvalue weighted by atomic mass is 10.1. The number of anilines is 2. The molecule has 0 saturated carbocycles. The Kier molecular flexibility index (Phi) is 5.77. The zero-order valence-corrected chi connectivity index (χ0v) is 14.5. The van der Waals surface area contributed by atoms with Gasteiger partial charge in [-0.25, -0.2) is 9.97 Å². The van der Waals surface area contributed by atoms with Crippen LogP contribution in [0.3, 0.4) is 0 Å². The van der Waals surface area contributed by atoms with Crippen LogP contribution < -0.4 is 15.4 Å². The highest BCUT2D eigenvalue weighted by Gasteiger charge is 2.07. The molecule has 0 bridgehead atoms. The summed E-state index contributed by atoms with van der Waals surface area (Å²) in [5, 5.41) is 5.95. The zero-order chi connectivity index (χ0) is 18.2. The van der Waals surface area contributed by atoms with E-state index in [0.29, 0.717) is 18.1 Å². The van der Waals surface area contributed by atoms with E-state index in [0.717, 1.165) is 23.4 Å². The summed E-state index contributed by atoms with van der Waals surface area (Å²) >= 11 is 0. The number of hydrogen-bond acceptors (Lipinski definition) is 5. The van der Waals surface area contributed by atoms with E-state index in [2.05, 4.69) is 20.6 Å². The second kappa shape index (κ2) is 8.62. The fourth-order valence-electron chi connectivity index (χ4n) is 2.41. The minimum absolute atomic E-state index is 0.237. The number of carbonyl (C=O) groups excluding carboxylic acids is 1. The van der Waals surface area contributed by atoms with Gasteiger partial charge in [-0.05, 0) is 36.2 Å². The van der Waals surface area contributed by atoms with Crippen LogP contribution in [0, 0.1) is 0 Å². The van der Waals surface area contributed by atoms with Gasteiger partial charge in [0.1, 0.15) is 5.75 Å². The number of methoxy groups -OCH3 is 1. The first kappa shape index (κ1) is 17.4. The topological polar surface area (TPSA) is 76.1 Å². The van der Waals surface area contributed by atoms with Crippen LogP contribution in [0.1, 0.15) is 15.9 Å². The molecule has 0 aliphatic heterocycles. The highest BCUT2D eigenvalue weighted by molar-refractivity contribution is 6.03. The van der Waals surface area contributed by atoms with Gasteiger partial charge >= 0.3 is 0 Å². The lowest BCUT2D eigenvalue weighted by molar-refractivity contribution is 0.102. The second-order valence-corrected chi connectivity index (χ2v) is 5.64. The first-order chi connectivity index (χ1) is 12.7. The van der Waals surface area contributed by atoms with Gasteiger partial charge in [-0.15, -0.1) is 0 Å². The molecule has 1 aromatic heterocycles. The second-order valence-electron chi connectivity index (χ2n) is 5.64. The molecule has 0 aliphatic rings. The molecule has 0 saturated heterocycles. The summed E-state index contributed by atoms with van der Waals surface area (Å²) in [6, 6.07) is 17.2. The van der Waals surface area contributed by atoms with Crippen molar-refractivity contribution in [1.29, 1.82) is 0 Å². The van der Waals surface area contributed by atoms with Gasteiger partial charge in [0.2, 0.25) is 5.95 Å². The number of hydrogen-bond donors (Lipinski definition) is 2. The fourth-order valence-corrected chi connectivity index (χ4v) is 2.41. The molecule has 132 valence electrons. The number of rotatable bonds is 7. The summed E-state index contributed by atoms with van der Waals surface area (Å²) in [4.78, 5) is 20.6. The number of amides is 1. The van der Waals surface area contributed by atoms with Crippen molar-refractivity contribution in [3.8, 4) is 5.75 Å². The molecule has 3 aromatic rings. The Balaban J connectivity index is 1.51. The van der Waals surface area contributed by atoms with Crippen molar-refractivity contribution >= 4 is 17.5 Å². The summed E-state index contributed by atoms with van der Waals surface area (Å²) in [6.07, 6.45) is 3.84. The monoisotopic (exact) mass is 348 g/mol. The smallest absolute Gasteiger partial charge is 0.258 e. The number of carbonyl (C=O) groups is 1. The normalized spacial score (nSPS) is 10.2. The molecule has 6 nitrogen and oxygen atoms in total. The van der Waals surface area contributed by atoms with E-state index in [1.165, 1.54) is 12.4 Å². The molecule has 26 heavy (non-hydrogen) atoms. The predicted molar refractivity (Wildman–Crippen MR) is 102 cm³/mol. The number of ether oxygens (including phenoxy) is 1. The van der Waals surface area contributed by atoms with E-state index in [1.807, 2.05) is 54.6 Å². The maximum absolute atomic E-state index is 12.2. The van der Waals surface area contributed by atoms with Crippen LogP contribution in [0.2, 0.25) is 0 Å². The third-order valence-corrected chi connectivity index (χ3v) is 3.78. The molecule has 0 aliphatic carbocycles. The third-order valence-electron chi connectivity index (χ3n) is 3.78. The summed E-state index contributed by atoms with van der Waals surface area (Å²) in [5.74, 6) is 1.09. The molecule has 3 rings (SSSR count). The van der Waals surface area contributed by atoms with Crippen molar-refractivity contribution in [3.05, 3.63) is 78.1 Å². The van der Waals surface area contributed by atoms with Crippen molar-refractivity contribution < 1.29 is 9.53 Å². The van der Waals surface area contributed by atoms with Crippen molar-refractivity contribution in [2.45, 2.75) is 6.42 Å². The zero-order valence-electron chi connectivity index (χ0n) is 14.5. The van der Waals surface area contributed by atoms with Crippen LogP contribution >= 0.6 is 0 Å². The summed E-state index contributed by atoms with van der Waals surface area (Å²) < 4.78 is 5.21. The predicted octanol–water partition coefficient (Wildman–Crippen LogP) is 3.39. The maximum atomic E-state index is 12.2. The molecule has 0 spiro atoms. The van der Waals surface area contributed by atoms with Crippen molar-refractivity contribution in [2.75, 3.05) is 24.3 Å². The van der Waals surface area contributed by atoms with E-state index in [4.69, 9.17) is 4.74 Å². The minimum Gasteiger partial charge on any atom is -0.497 e. The molecule has 1 heterocycles. The summed E-state index contributed by atoms with van der Waals surface area (Å²) in [5.41, 5.74) is 2.31. The minimum atomic E-state index is -0.237. The molecule has 0 atom stereocenters. The lowest BCUT2D eigenvalue weighted by Gasteiger charge is -2.07. The van der Waals surface area contributed by atoms with E-state index in [9.17, 15) is 4.79 Å². The lowest BCUT2D eigenvalue weighted by Crippen LogP contribution is -2.14. The molecular weight excluding hydrogens is 328 g/mol. The quantitative estimate of drug-likeness (QED) is 0.684. The van der Waals surface area contributed by atoms with Gasteiger partial charge in [0.15, 0.2) is 0 Å². The average molecular weight is 348 g/mol. The van der Waals surface area contributed by atoms with Crippen LogP contribution in [0.5, 0.6) is 5.75 Å². The standard InChI is InChI=1S/C20H20N4O2/c1-26-18-9-5-6-15(12-18)10-11-21-20-22-13-16(14-23-20)19(25)24-17-7-3-2-4-8-17/h2-9,12-14H,10-11H2,1H3,(H,24,25)(H,21,22,23). The molecule has 2 aromatic carbocycles. The molecule has 0 unspecified atom stereocenters. The first-order valence-corrected chi connectivity index (χ1v) is 8.30. The van der Waals surface area contributed by atoms with Crippen LogP contribution in [0.15, 0.2) is 67.0 Å². The summed E-state index contributed by atoms with van der Waals surface area (Å²) in [6.45, 7) is 0.683. The van der Waals surface area contributed by atoms with Gasteiger partial charge in [0.25, 0.3) is 5.91 Å². The largest absolute Gasteiger partial charge is 0.497 e.